The van der Waals surface area contributed by atoms with Crippen LogP contribution in [-0.2, 0) is 4.79 Å². The zero-order valence-electron chi connectivity index (χ0n) is 9.04. The molecule has 0 spiro atoms. The first-order chi connectivity index (χ1) is 7.89. The van der Waals surface area contributed by atoms with Gasteiger partial charge in [-0.1, -0.05) is 6.07 Å². The van der Waals surface area contributed by atoms with E-state index >= 15 is 0 Å². The van der Waals surface area contributed by atoms with Crippen molar-refractivity contribution < 1.29 is 22.7 Å². The number of carbonyl (C=O) groups excluding carboxylic acids is 1. The topological polar surface area (TPSA) is 29.5 Å². The van der Waals surface area contributed by atoms with Crippen molar-refractivity contribution in [2.45, 2.75) is 13.1 Å². The molecule has 0 saturated heterocycles. The minimum Gasteiger partial charge on any atom is -0.490 e. The van der Waals surface area contributed by atoms with Gasteiger partial charge in [0.1, 0.15) is 12.4 Å². The van der Waals surface area contributed by atoms with Crippen molar-refractivity contribution in [3.63, 3.8) is 0 Å². The zero-order valence-corrected chi connectivity index (χ0v) is 9.04. The highest BCUT2D eigenvalue weighted by Crippen LogP contribution is 2.34. The quantitative estimate of drug-likeness (QED) is 0.701. The smallest absolute Gasteiger partial charge is 0.471 e. The van der Waals surface area contributed by atoms with Crippen LogP contribution in [0.1, 0.15) is 5.56 Å². The van der Waals surface area contributed by atoms with Crippen LogP contribution in [0.4, 0.5) is 18.9 Å². The highest BCUT2D eigenvalue weighted by molar-refractivity contribution is 5.99. The minimum absolute atomic E-state index is 0.0673. The number of benzene rings is 1. The molecule has 6 heteroatoms. The molecule has 0 unspecified atom stereocenters. The van der Waals surface area contributed by atoms with Crippen LogP contribution in [0.25, 0.3) is 0 Å². The molecule has 92 valence electrons. The van der Waals surface area contributed by atoms with Crippen molar-refractivity contribution in [3.8, 4) is 5.75 Å². The summed E-state index contributed by atoms with van der Waals surface area (Å²) in [6, 6.07) is 4.80. The Hall–Kier alpha value is -1.72. The monoisotopic (exact) mass is 245 g/mol. The lowest BCUT2D eigenvalue weighted by atomic mass is 10.1. The SMILES string of the molecule is Cc1ccc2c(c1)N(C(=O)C(F)(F)F)CCO2. The lowest BCUT2D eigenvalue weighted by molar-refractivity contribution is -0.170. The van der Waals surface area contributed by atoms with Crippen molar-refractivity contribution >= 4 is 11.6 Å². The van der Waals surface area contributed by atoms with Gasteiger partial charge in [0.15, 0.2) is 0 Å². The van der Waals surface area contributed by atoms with Gasteiger partial charge in [-0.25, -0.2) is 0 Å². The highest BCUT2D eigenvalue weighted by atomic mass is 19.4. The summed E-state index contributed by atoms with van der Waals surface area (Å²) in [6.45, 7) is 1.72. The van der Waals surface area contributed by atoms with E-state index < -0.39 is 12.1 Å². The van der Waals surface area contributed by atoms with Crippen LogP contribution in [-0.4, -0.2) is 25.2 Å². The second-order valence-electron chi connectivity index (χ2n) is 3.77. The summed E-state index contributed by atoms with van der Waals surface area (Å²) in [5, 5.41) is 0. The van der Waals surface area contributed by atoms with E-state index in [1.807, 2.05) is 0 Å². The Morgan fingerprint density at radius 1 is 1.41 bits per heavy atom. The molecule has 1 aromatic rings. The number of carbonyl (C=O) groups is 1. The van der Waals surface area contributed by atoms with Crippen LogP contribution >= 0.6 is 0 Å². The second-order valence-corrected chi connectivity index (χ2v) is 3.77. The molecule has 1 amide bonds. The zero-order chi connectivity index (χ0) is 12.6. The van der Waals surface area contributed by atoms with Gasteiger partial charge in [-0.05, 0) is 24.6 Å². The van der Waals surface area contributed by atoms with Gasteiger partial charge in [0.25, 0.3) is 0 Å². The number of aryl methyl sites for hydroxylation is 1. The summed E-state index contributed by atoms with van der Waals surface area (Å²) in [5.74, 6) is -1.55. The van der Waals surface area contributed by atoms with E-state index in [1.54, 1.807) is 19.1 Å². The predicted octanol–water partition coefficient (Wildman–Crippen LogP) is 2.28. The summed E-state index contributed by atoms with van der Waals surface area (Å²) >= 11 is 0. The number of hydrogen-bond donors (Lipinski definition) is 0. The molecule has 0 fully saturated rings. The van der Waals surface area contributed by atoms with Gasteiger partial charge < -0.3 is 4.74 Å². The highest BCUT2D eigenvalue weighted by Gasteiger charge is 2.44. The van der Waals surface area contributed by atoms with Crippen molar-refractivity contribution in [1.29, 1.82) is 0 Å². The van der Waals surface area contributed by atoms with Crippen LogP contribution in [0.5, 0.6) is 5.75 Å². The maximum absolute atomic E-state index is 12.4. The number of anilines is 1. The Balaban J connectivity index is 2.41. The Kier molecular flexibility index (Phi) is 2.73. The number of amides is 1. The molecule has 0 aromatic heterocycles. The Morgan fingerprint density at radius 2 is 2.12 bits per heavy atom. The van der Waals surface area contributed by atoms with Gasteiger partial charge in [-0.2, -0.15) is 13.2 Å². The first kappa shape index (κ1) is 11.8. The fourth-order valence-corrected chi connectivity index (χ4v) is 1.69. The number of ether oxygens (including phenoxy) is 1. The molecule has 0 saturated carbocycles. The van der Waals surface area contributed by atoms with E-state index in [9.17, 15) is 18.0 Å². The van der Waals surface area contributed by atoms with Gasteiger partial charge in [-0.3, -0.25) is 9.69 Å². The Labute approximate surface area is 95.8 Å². The van der Waals surface area contributed by atoms with Crippen molar-refractivity contribution in [2.24, 2.45) is 0 Å². The molecule has 3 nitrogen and oxygen atoms in total. The third kappa shape index (κ3) is 2.20. The Bertz CT molecular complexity index is 457. The van der Waals surface area contributed by atoms with Crippen molar-refractivity contribution in [1.82, 2.24) is 0 Å². The summed E-state index contributed by atoms with van der Waals surface area (Å²) in [6.07, 6.45) is -4.86. The molecule has 0 radical (unpaired) electrons. The van der Waals surface area contributed by atoms with E-state index in [0.717, 1.165) is 5.56 Å². The van der Waals surface area contributed by atoms with E-state index in [1.165, 1.54) is 6.07 Å². The van der Waals surface area contributed by atoms with E-state index in [-0.39, 0.29) is 18.8 Å². The number of hydrogen-bond acceptors (Lipinski definition) is 2. The molecule has 1 aromatic carbocycles. The van der Waals surface area contributed by atoms with E-state index in [0.29, 0.717) is 10.6 Å². The fraction of sp³-hybridized carbons (Fsp3) is 0.364. The first-order valence-electron chi connectivity index (χ1n) is 5.02. The molecule has 1 aliphatic rings. The summed E-state index contributed by atoms with van der Waals surface area (Å²) in [5.41, 5.74) is 0.952. The van der Waals surface area contributed by atoms with Gasteiger partial charge in [-0.15, -0.1) is 0 Å². The van der Waals surface area contributed by atoms with E-state index in [2.05, 4.69) is 0 Å². The molecule has 0 aliphatic carbocycles. The third-order valence-corrected chi connectivity index (χ3v) is 2.47. The van der Waals surface area contributed by atoms with E-state index in [4.69, 9.17) is 4.74 Å². The van der Waals surface area contributed by atoms with Crippen LogP contribution in [0.2, 0.25) is 0 Å². The molecule has 0 bridgehead atoms. The summed E-state index contributed by atoms with van der Waals surface area (Å²) in [7, 11) is 0. The van der Waals surface area contributed by atoms with Crippen LogP contribution in [0.3, 0.4) is 0 Å². The molecular weight excluding hydrogens is 235 g/mol. The van der Waals surface area contributed by atoms with Gasteiger partial charge in [0.05, 0.1) is 12.2 Å². The predicted molar refractivity (Wildman–Crippen MR) is 55.1 cm³/mol. The lowest BCUT2D eigenvalue weighted by Crippen LogP contribution is -2.45. The molecule has 17 heavy (non-hydrogen) atoms. The molecule has 0 N–H and O–H groups in total. The largest absolute Gasteiger partial charge is 0.490 e. The Morgan fingerprint density at radius 3 is 2.76 bits per heavy atom. The number of halogens is 3. The average Bonchev–Trinajstić information content (AvgIpc) is 2.26. The molecule has 1 heterocycles. The first-order valence-corrected chi connectivity index (χ1v) is 5.02. The van der Waals surface area contributed by atoms with Crippen LogP contribution in [0.15, 0.2) is 18.2 Å². The van der Waals surface area contributed by atoms with Crippen molar-refractivity contribution in [3.05, 3.63) is 23.8 Å². The fourth-order valence-electron chi connectivity index (χ4n) is 1.69. The summed E-state index contributed by atoms with van der Waals surface area (Å²) < 4.78 is 42.4. The van der Waals surface area contributed by atoms with Gasteiger partial charge >= 0.3 is 12.1 Å². The lowest BCUT2D eigenvalue weighted by Gasteiger charge is -2.30. The van der Waals surface area contributed by atoms with Crippen molar-refractivity contribution in [2.75, 3.05) is 18.1 Å². The number of rotatable bonds is 0. The summed E-state index contributed by atoms with van der Waals surface area (Å²) in [4.78, 5) is 12.0. The molecule has 2 rings (SSSR count). The number of nitrogens with zero attached hydrogens (tertiary/aromatic N) is 1. The number of fused-ring (bicyclic) bond motifs is 1. The van der Waals surface area contributed by atoms with Crippen LogP contribution < -0.4 is 9.64 Å². The average molecular weight is 245 g/mol. The maximum atomic E-state index is 12.4. The molecular formula is C11H10F3NO2. The van der Waals surface area contributed by atoms with Crippen LogP contribution in [0, 0.1) is 6.92 Å². The van der Waals surface area contributed by atoms with Gasteiger partial charge in [0.2, 0.25) is 0 Å². The minimum atomic E-state index is -4.86. The maximum Gasteiger partial charge on any atom is 0.471 e. The normalized spacial score (nSPS) is 15.2. The standard InChI is InChI=1S/C11H10F3NO2/c1-7-2-3-9-8(6-7)15(4-5-17-9)10(16)11(12,13)14/h2-3,6H,4-5H2,1H3. The third-order valence-electron chi connectivity index (χ3n) is 2.47. The second kappa shape index (κ2) is 3.94. The molecule has 0 atom stereocenters. The molecule has 1 aliphatic heterocycles. The number of alkyl halides is 3. The van der Waals surface area contributed by atoms with Gasteiger partial charge in [0, 0.05) is 0 Å².